The van der Waals surface area contributed by atoms with E-state index in [2.05, 4.69) is 42.1 Å². The lowest BCUT2D eigenvalue weighted by Gasteiger charge is -2.07. The van der Waals surface area contributed by atoms with Gasteiger partial charge in [0.15, 0.2) is 0 Å². The molecule has 0 heterocycles. The van der Waals surface area contributed by atoms with E-state index in [9.17, 15) is 0 Å². The van der Waals surface area contributed by atoms with Gasteiger partial charge in [-0.15, -0.1) is 5.10 Å². The summed E-state index contributed by atoms with van der Waals surface area (Å²) >= 11 is 6.74. The van der Waals surface area contributed by atoms with Gasteiger partial charge in [0.25, 0.3) is 0 Å². The number of halogens is 2. The van der Waals surface area contributed by atoms with Crippen LogP contribution in [0.25, 0.3) is 0 Å². The quantitative estimate of drug-likeness (QED) is 0.496. The molecule has 16 heavy (non-hydrogen) atoms. The normalized spacial score (nSPS) is 10.4. The number of ether oxygens (including phenoxy) is 1. The molecule has 5 nitrogen and oxygen atoms in total. The Morgan fingerprint density at radius 1 is 1.38 bits per heavy atom. The average molecular weight is 350 g/mol. The fourth-order valence-electron chi connectivity index (χ4n) is 1.05. The molecule has 7 heteroatoms. The third-order valence-corrected chi connectivity index (χ3v) is 2.66. The maximum absolute atomic E-state index is 5.22. The maximum atomic E-state index is 5.22. The minimum absolute atomic E-state index is 0.0933. The van der Waals surface area contributed by atoms with E-state index in [0.717, 1.165) is 14.5 Å². The smallest absolute Gasteiger partial charge is 0.211 e. The third kappa shape index (κ3) is 3.49. The molecule has 0 saturated carbocycles. The summed E-state index contributed by atoms with van der Waals surface area (Å²) in [5, 5.41) is 7.23. The van der Waals surface area contributed by atoms with E-state index in [0.29, 0.717) is 5.75 Å². The van der Waals surface area contributed by atoms with Crippen molar-refractivity contribution in [1.29, 1.82) is 0 Å². The molecule has 0 aliphatic rings. The summed E-state index contributed by atoms with van der Waals surface area (Å²) in [5.41, 5.74) is 11.1. The zero-order chi connectivity index (χ0) is 12.1. The molecule has 0 aliphatic heterocycles. The summed E-state index contributed by atoms with van der Waals surface area (Å²) in [6.07, 6.45) is 1.51. The van der Waals surface area contributed by atoms with Crippen LogP contribution in [0.15, 0.2) is 31.3 Å². The number of rotatable bonds is 3. The van der Waals surface area contributed by atoms with Crippen LogP contribution in [0.4, 0.5) is 0 Å². The van der Waals surface area contributed by atoms with Crippen molar-refractivity contribution < 1.29 is 4.74 Å². The Morgan fingerprint density at radius 2 is 2.06 bits per heavy atom. The molecule has 1 aromatic carbocycles. The minimum Gasteiger partial charge on any atom is -0.495 e. The van der Waals surface area contributed by atoms with E-state index in [1.54, 1.807) is 7.11 Å². The molecule has 0 amide bonds. The van der Waals surface area contributed by atoms with Gasteiger partial charge in [0, 0.05) is 10.0 Å². The highest BCUT2D eigenvalue weighted by Gasteiger charge is 2.07. The minimum atomic E-state index is -0.0933. The first-order valence-electron chi connectivity index (χ1n) is 4.19. The first kappa shape index (κ1) is 13.0. The summed E-state index contributed by atoms with van der Waals surface area (Å²) in [6.45, 7) is 0. The van der Waals surface area contributed by atoms with Crippen LogP contribution in [-0.2, 0) is 0 Å². The fraction of sp³-hybridized carbons (Fsp3) is 0.111. The van der Waals surface area contributed by atoms with Gasteiger partial charge in [-0.05, 0) is 28.1 Å². The number of benzene rings is 1. The van der Waals surface area contributed by atoms with Crippen LogP contribution in [0.1, 0.15) is 5.56 Å². The monoisotopic (exact) mass is 348 g/mol. The highest BCUT2D eigenvalue weighted by Crippen LogP contribution is 2.31. The molecule has 0 radical (unpaired) electrons. The molecule has 0 fully saturated rings. The van der Waals surface area contributed by atoms with Crippen molar-refractivity contribution in [2.24, 2.45) is 21.7 Å². The predicted octanol–water partition coefficient (Wildman–Crippen LogP) is 1.83. The van der Waals surface area contributed by atoms with Gasteiger partial charge in [0.05, 0.1) is 17.8 Å². The maximum Gasteiger partial charge on any atom is 0.211 e. The summed E-state index contributed by atoms with van der Waals surface area (Å²) in [5.74, 6) is 0.571. The van der Waals surface area contributed by atoms with E-state index in [1.807, 2.05) is 12.1 Å². The molecule has 86 valence electrons. The molecule has 0 bridgehead atoms. The molecule has 4 N–H and O–H groups in total. The zero-order valence-electron chi connectivity index (χ0n) is 8.45. The number of guanidine groups is 1. The molecular formula is C9H10Br2N4O. The molecule has 0 aliphatic carbocycles. The van der Waals surface area contributed by atoms with Crippen molar-refractivity contribution >= 4 is 44.0 Å². The second-order valence-electron chi connectivity index (χ2n) is 2.78. The van der Waals surface area contributed by atoms with Crippen LogP contribution in [0, 0.1) is 0 Å². The highest BCUT2D eigenvalue weighted by atomic mass is 79.9. The van der Waals surface area contributed by atoms with Gasteiger partial charge in [-0.1, -0.05) is 15.9 Å². The van der Waals surface area contributed by atoms with Crippen LogP contribution in [-0.4, -0.2) is 19.3 Å². The Morgan fingerprint density at radius 3 is 2.62 bits per heavy atom. The number of hydrogen-bond acceptors (Lipinski definition) is 3. The van der Waals surface area contributed by atoms with Crippen LogP contribution < -0.4 is 16.2 Å². The van der Waals surface area contributed by atoms with Crippen molar-refractivity contribution in [3.8, 4) is 5.75 Å². The van der Waals surface area contributed by atoms with Crippen LogP contribution in [0.5, 0.6) is 5.75 Å². The molecule has 0 atom stereocenters. The van der Waals surface area contributed by atoms with Gasteiger partial charge in [0.1, 0.15) is 5.75 Å². The number of hydrogen-bond donors (Lipinski definition) is 2. The number of methoxy groups -OCH3 is 1. The third-order valence-electron chi connectivity index (χ3n) is 1.61. The van der Waals surface area contributed by atoms with E-state index < -0.39 is 0 Å². The first-order valence-corrected chi connectivity index (χ1v) is 5.78. The van der Waals surface area contributed by atoms with E-state index in [4.69, 9.17) is 16.2 Å². The van der Waals surface area contributed by atoms with Gasteiger partial charge >= 0.3 is 0 Å². The SMILES string of the molecule is COc1c(Br)cc(Br)cc1/C=N\N=C(N)N. The Hall–Kier alpha value is -1.08. The van der Waals surface area contributed by atoms with E-state index in [-0.39, 0.29) is 5.96 Å². The predicted molar refractivity (Wildman–Crippen MR) is 71.8 cm³/mol. The van der Waals surface area contributed by atoms with Gasteiger partial charge in [-0.25, -0.2) is 0 Å². The zero-order valence-corrected chi connectivity index (χ0v) is 11.6. The summed E-state index contributed by atoms with van der Waals surface area (Å²) in [4.78, 5) is 0. The Kier molecular flexibility index (Phi) is 4.75. The topological polar surface area (TPSA) is 86.0 Å². The first-order chi connectivity index (χ1) is 7.54. The van der Waals surface area contributed by atoms with Crippen LogP contribution >= 0.6 is 31.9 Å². The standard InChI is InChI=1S/C9H10Br2N4O/c1-16-8-5(4-14-15-9(12)13)2-6(10)3-7(8)11/h2-4H,1H3,(H4,12,13,15)/b14-4-. The number of nitrogens with two attached hydrogens (primary N) is 2. The molecule has 0 unspecified atom stereocenters. The van der Waals surface area contributed by atoms with Gasteiger partial charge in [-0.2, -0.15) is 5.10 Å². The summed E-state index contributed by atoms with van der Waals surface area (Å²) in [6, 6.07) is 3.71. The lowest BCUT2D eigenvalue weighted by molar-refractivity contribution is 0.411. The molecule has 0 spiro atoms. The van der Waals surface area contributed by atoms with E-state index >= 15 is 0 Å². The Balaban J connectivity index is 3.12. The van der Waals surface area contributed by atoms with Crippen molar-refractivity contribution in [2.45, 2.75) is 0 Å². The lowest BCUT2D eigenvalue weighted by Crippen LogP contribution is -2.21. The molecular weight excluding hydrogens is 340 g/mol. The largest absolute Gasteiger partial charge is 0.495 e. The van der Waals surface area contributed by atoms with Crippen molar-refractivity contribution in [3.05, 3.63) is 26.6 Å². The van der Waals surface area contributed by atoms with E-state index in [1.165, 1.54) is 6.21 Å². The molecule has 1 rings (SSSR count). The fourth-order valence-corrected chi connectivity index (χ4v) is 2.47. The van der Waals surface area contributed by atoms with Crippen LogP contribution in [0.3, 0.4) is 0 Å². The molecule has 1 aromatic rings. The summed E-state index contributed by atoms with van der Waals surface area (Å²) < 4.78 is 6.93. The number of nitrogens with zero attached hydrogens (tertiary/aromatic N) is 2. The van der Waals surface area contributed by atoms with Crippen LogP contribution in [0.2, 0.25) is 0 Å². The Bertz CT molecular complexity index is 441. The molecule has 0 saturated heterocycles. The van der Waals surface area contributed by atoms with Crippen molar-refractivity contribution in [1.82, 2.24) is 0 Å². The lowest BCUT2D eigenvalue weighted by atomic mass is 10.2. The molecule has 0 aromatic heterocycles. The average Bonchev–Trinajstić information content (AvgIpc) is 2.16. The highest BCUT2D eigenvalue weighted by molar-refractivity contribution is 9.11. The second kappa shape index (κ2) is 5.86. The summed E-state index contributed by atoms with van der Waals surface area (Å²) in [7, 11) is 1.58. The Labute approximate surface area is 110 Å². The van der Waals surface area contributed by atoms with Gasteiger partial charge in [-0.3, -0.25) is 0 Å². The van der Waals surface area contributed by atoms with Gasteiger partial charge < -0.3 is 16.2 Å². The van der Waals surface area contributed by atoms with Gasteiger partial charge in [0.2, 0.25) is 5.96 Å². The second-order valence-corrected chi connectivity index (χ2v) is 4.55. The van der Waals surface area contributed by atoms with Crippen molar-refractivity contribution in [3.63, 3.8) is 0 Å². The van der Waals surface area contributed by atoms with Crippen molar-refractivity contribution in [2.75, 3.05) is 7.11 Å².